The van der Waals surface area contributed by atoms with Gasteiger partial charge >= 0.3 is 0 Å². The van der Waals surface area contributed by atoms with Crippen molar-refractivity contribution in [2.45, 2.75) is 26.7 Å². The van der Waals surface area contributed by atoms with Crippen LogP contribution < -0.4 is 15.4 Å². The summed E-state index contributed by atoms with van der Waals surface area (Å²) < 4.78 is 5.34. The monoisotopic (exact) mass is 342 g/mol. The van der Waals surface area contributed by atoms with Gasteiger partial charge in [-0.15, -0.1) is 0 Å². The first-order valence-electron chi connectivity index (χ1n) is 8.56. The Morgan fingerprint density at radius 1 is 1.16 bits per heavy atom. The van der Waals surface area contributed by atoms with Gasteiger partial charge in [0.05, 0.1) is 19.5 Å². The molecule has 1 aromatic carbocycles. The van der Waals surface area contributed by atoms with Crippen LogP contribution in [-0.4, -0.2) is 36.1 Å². The van der Waals surface area contributed by atoms with E-state index in [9.17, 15) is 4.79 Å². The Balaban J connectivity index is 1.81. The minimum atomic E-state index is -0.186. The lowest BCUT2D eigenvalue weighted by molar-refractivity contribution is 0.0946. The molecule has 0 saturated heterocycles. The summed E-state index contributed by atoms with van der Waals surface area (Å²) in [5.41, 5.74) is 1.46. The second-order valence-corrected chi connectivity index (χ2v) is 6.21. The first kappa shape index (κ1) is 18.7. The number of ether oxygens (including phenoxy) is 1. The third kappa shape index (κ3) is 6.06. The molecule has 134 valence electrons. The number of nitrogens with zero attached hydrogens (tertiary/aromatic N) is 2. The molecule has 0 aliphatic rings. The second-order valence-electron chi connectivity index (χ2n) is 6.21. The van der Waals surface area contributed by atoms with Crippen molar-refractivity contribution in [3.63, 3.8) is 0 Å². The molecule has 1 heterocycles. The summed E-state index contributed by atoms with van der Waals surface area (Å²) in [5, 5.41) is 6.06. The smallest absolute Gasteiger partial charge is 0.271 e. The molecule has 1 aromatic heterocycles. The molecule has 0 saturated carbocycles. The van der Waals surface area contributed by atoms with Crippen LogP contribution in [0, 0.1) is 5.92 Å². The summed E-state index contributed by atoms with van der Waals surface area (Å²) in [6, 6.07) is 7.93. The number of anilines is 1. The maximum atomic E-state index is 12.0. The van der Waals surface area contributed by atoms with Crippen LogP contribution in [0.3, 0.4) is 0 Å². The van der Waals surface area contributed by atoms with Crippen LogP contribution in [0.5, 0.6) is 5.75 Å². The fourth-order valence-corrected chi connectivity index (χ4v) is 2.34. The molecule has 0 fully saturated rings. The van der Waals surface area contributed by atoms with Gasteiger partial charge in [-0.05, 0) is 30.4 Å². The van der Waals surface area contributed by atoms with Crippen molar-refractivity contribution in [3.05, 3.63) is 47.9 Å². The number of aromatic nitrogens is 2. The molecular weight excluding hydrogens is 316 g/mol. The van der Waals surface area contributed by atoms with Gasteiger partial charge in [-0.1, -0.05) is 32.0 Å². The predicted molar refractivity (Wildman–Crippen MR) is 99.0 cm³/mol. The number of hydrogen-bond acceptors (Lipinski definition) is 5. The minimum Gasteiger partial charge on any atom is -0.496 e. The molecule has 0 bridgehead atoms. The van der Waals surface area contributed by atoms with Gasteiger partial charge in [0.15, 0.2) is 0 Å². The number of amides is 1. The predicted octanol–water partition coefficient (Wildman–Crippen LogP) is 2.92. The number of methoxy groups -OCH3 is 1. The molecule has 0 atom stereocenters. The third-order valence-corrected chi connectivity index (χ3v) is 3.78. The fraction of sp³-hybridized carbons (Fsp3) is 0.421. The third-order valence-electron chi connectivity index (χ3n) is 3.78. The molecule has 6 nitrogen and oxygen atoms in total. The number of carbonyl (C=O) groups is 1. The largest absolute Gasteiger partial charge is 0.496 e. The first-order valence-corrected chi connectivity index (χ1v) is 8.56. The van der Waals surface area contributed by atoms with Gasteiger partial charge in [0.25, 0.3) is 5.91 Å². The average Bonchev–Trinajstić information content (AvgIpc) is 2.62. The van der Waals surface area contributed by atoms with Crippen molar-refractivity contribution in [2.75, 3.05) is 25.5 Å². The zero-order chi connectivity index (χ0) is 18.1. The van der Waals surface area contributed by atoms with Crippen molar-refractivity contribution in [1.29, 1.82) is 0 Å². The van der Waals surface area contributed by atoms with Gasteiger partial charge in [0.2, 0.25) is 0 Å². The lowest BCUT2D eigenvalue weighted by Crippen LogP contribution is -2.26. The highest BCUT2D eigenvalue weighted by Gasteiger charge is 2.08. The highest BCUT2D eigenvalue weighted by molar-refractivity contribution is 5.91. The molecule has 2 N–H and O–H groups in total. The molecule has 0 aliphatic heterocycles. The lowest BCUT2D eigenvalue weighted by atomic mass is 10.1. The highest BCUT2D eigenvalue weighted by atomic mass is 16.5. The van der Waals surface area contributed by atoms with Crippen molar-refractivity contribution in [3.8, 4) is 5.75 Å². The molecule has 1 amide bonds. The van der Waals surface area contributed by atoms with Crippen LogP contribution in [0.25, 0.3) is 0 Å². The van der Waals surface area contributed by atoms with E-state index in [0.717, 1.165) is 24.2 Å². The van der Waals surface area contributed by atoms with E-state index >= 15 is 0 Å². The normalized spacial score (nSPS) is 10.6. The van der Waals surface area contributed by atoms with Crippen LogP contribution in [-0.2, 0) is 6.42 Å². The van der Waals surface area contributed by atoms with Gasteiger partial charge in [0, 0.05) is 13.1 Å². The molecule has 0 unspecified atom stereocenters. The van der Waals surface area contributed by atoms with Crippen molar-refractivity contribution in [2.24, 2.45) is 5.92 Å². The lowest BCUT2D eigenvalue weighted by Gasteiger charge is -2.10. The summed E-state index contributed by atoms with van der Waals surface area (Å²) in [6.07, 6.45) is 4.83. The van der Waals surface area contributed by atoms with E-state index in [-0.39, 0.29) is 5.91 Å². The van der Waals surface area contributed by atoms with Crippen molar-refractivity contribution in [1.82, 2.24) is 15.3 Å². The summed E-state index contributed by atoms with van der Waals surface area (Å²) in [7, 11) is 1.67. The van der Waals surface area contributed by atoms with E-state index in [0.29, 0.717) is 30.5 Å². The Hall–Kier alpha value is -2.63. The van der Waals surface area contributed by atoms with Gasteiger partial charge in [-0.2, -0.15) is 0 Å². The summed E-state index contributed by atoms with van der Waals surface area (Å²) in [6.45, 7) is 5.60. The Labute approximate surface area is 149 Å². The van der Waals surface area contributed by atoms with E-state index in [2.05, 4.69) is 34.4 Å². The number of hydrogen-bond donors (Lipinski definition) is 2. The zero-order valence-corrected chi connectivity index (χ0v) is 15.1. The maximum Gasteiger partial charge on any atom is 0.271 e. The first-order chi connectivity index (χ1) is 12.1. The number of carbonyl (C=O) groups excluding carboxylic acids is 1. The SMILES string of the molecule is COc1ccccc1CCNc1cnc(C(=O)NCCC(C)C)cn1. The highest BCUT2D eigenvalue weighted by Crippen LogP contribution is 2.17. The summed E-state index contributed by atoms with van der Waals surface area (Å²) in [4.78, 5) is 20.4. The van der Waals surface area contributed by atoms with E-state index in [4.69, 9.17) is 4.74 Å². The summed E-state index contributed by atoms with van der Waals surface area (Å²) in [5.74, 6) is 1.90. The Kier molecular flexibility index (Phi) is 7.19. The topological polar surface area (TPSA) is 76.1 Å². The fourth-order valence-electron chi connectivity index (χ4n) is 2.34. The molecular formula is C19H26N4O2. The van der Waals surface area contributed by atoms with Gasteiger partial charge in [-0.25, -0.2) is 9.97 Å². The Bertz CT molecular complexity index is 671. The van der Waals surface area contributed by atoms with Crippen molar-refractivity contribution < 1.29 is 9.53 Å². The summed E-state index contributed by atoms with van der Waals surface area (Å²) >= 11 is 0. The zero-order valence-electron chi connectivity index (χ0n) is 15.1. The van der Waals surface area contributed by atoms with Crippen LogP contribution in [0.15, 0.2) is 36.7 Å². The van der Waals surface area contributed by atoms with Crippen LogP contribution in [0.1, 0.15) is 36.3 Å². The molecule has 0 spiro atoms. The van der Waals surface area contributed by atoms with Crippen LogP contribution >= 0.6 is 0 Å². The maximum absolute atomic E-state index is 12.0. The Morgan fingerprint density at radius 2 is 1.96 bits per heavy atom. The average molecular weight is 342 g/mol. The van der Waals surface area contributed by atoms with Gasteiger partial charge in [0.1, 0.15) is 17.3 Å². The van der Waals surface area contributed by atoms with E-state index in [1.165, 1.54) is 6.20 Å². The molecule has 0 aliphatic carbocycles. The molecule has 2 aromatic rings. The second kappa shape index (κ2) is 9.61. The number of rotatable bonds is 9. The van der Waals surface area contributed by atoms with E-state index < -0.39 is 0 Å². The van der Waals surface area contributed by atoms with Gasteiger partial charge < -0.3 is 15.4 Å². The quantitative estimate of drug-likeness (QED) is 0.733. The molecule has 0 radical (unpaired) electrons. The van der Waals surface area contributed by atoms with Crippen molar-refractivity contribution >= 4 is 11.7 Å². The number of benzene rings is 1. The van der Waals surface area contributed by atoms with E-state index in [1.54, 1.807) is 13.3 Å². The standard InChI is InChI=1S/C19H26N4O2/c1-14(2)8-10-21-19(24)16-12-23-18(13-22-16)20-11-9-15-6-4-5-7-17(15)25-3/h4-7,12-14H,8-11H2,1-3H3,(H,20,23)(H,21,24). The molecule has 2 rings (SSSR count). The van der Waals surface area contributed by atoms with Gasteiger partial charge in [-0.3, -0.25) is 4.79 Å². The van der Waals surface area contributed by atoms with Crippen LogP contribution in [0.2, 0.25) is 0 Å². The molecule has 6 heteroatoms. The minimum absolute atomic E-state index is 0.186. The Morgan fingerprint density at radius 3 is 2.64 bits per heavy atom. The van der Waals surface area contributed by atoms with Crippen LogP contribution in [0.4, 0.5) is 5.82 Å². The van der Waals surface area contributed by atoms with E-state index in [1.807, 2.05) is 24.3 Å². The number of nitrogens with one attached hydrogen (secondary N) is 2. The number of para-hydroxylation sites is 1. The molecule has 25 heavy (non-hydrogen) atoms.